The van der Waals surface area contributed by atoms with E-state index in [9.17, 15) is 18.0 Å². The Morgan fingerprint density at radius 1 is 1.17 bits per heavy atom. The van der Waals surface area contributed by atoms with Crippen molar-refractivity contribution in [3.8, 4) is 0 Å². The number of amides is 2. The molecule has 23 heavy (non-hydrogen) atoms. The zero-order chi connectivity index (χ0) is 17.5. The maximum Gasteiger partial charge on any atom is 0.224 e. The van der Waals surface area contributed by atoms with E-state index in [2.05, 4.69) is 10.6 Å². The second-order valence-electron chi connectivity index (χ2n) is 5.34. The van der Waals surface area contributed by atoms with E-state index in [0.717, 1.165) is 11.8 Å². The number of rotatable bonds is 8. The lowest BCUT2D eigenvalue weighted by Gasteiger charge is -2.13. The molecule has 2 N–H and O–H groups in total. The van der Waals surface area contributed by atoms with Crippen LogP contribution in [0.2, 0.25) is 0 Å². The van der Waals surface area contributed by atoms with Gasteiger partial charge in [0.1, 0.15) is 0 Å². The molecule has 1 aromatic rings. The van der Waals surface area contributed by atoms with Gasteiger partial charge in [-0.25, -0.2) is 12.7 Å². The number of carbonyl (C=O) groups is 2. The number of anilines is 1. The summed E-state index contributed by atoms with van der Waals surface area (Å²) in [5, 5.41) is 5.41. The summed E-state index contributed by atoms with van der Waals surface area (Å²) in [4.78, 5) is 22.7. The zero-order valence-corrected chi connectivity index (χ0v) is 14.4. The Morgan fingerprint density at radius 3 is 2.30 bits per heavy atom. The third-order valence-corrected chi connectivity index (χ3v) is 4.49. The first-order valence-corrected chi connectivity index (χ1v) is 9.08. The molecule has 0 aromatic heterocycles. The first-order valence-electron chi connectivity index (χ1n) is 7.23. The van der Waals surface area contributed by atoms with Crippen LogP contribution in [0.1, 0.15) is 18.9 Å². The molecule has 0 fully saturated rings. The summed E-state index contributed by atoms with van der Waals surface area (Å²) in [7, 11) is -1.67. The molecule has 0 spiro atoms. The normalized spacial score (nSPS) is 11.3. The van der Waals surface area contributed by atoms with Gasteiger partial charge < -0.3 is 10.6 Å². The maximum atomic E-state index is 11.8. The molecule has 0 radical (unpaired) electrons. The van der Waals surface area contributed by atoms with Crippen molar-refractivity contribution in [1.82, 2.24) is 9.62 Å². The van der Waals surface area contributed by atoms with Gasteiger partial charge in [0.05, 0.1) is 12.7 Å². The van der Waals surface area contributed by atoms with Crippen LogP contribution in [-0.2, 0) is 26.0 Å². The quantitative estimate of drug-likeness (QED) is 0.676. The molecule has 2 amide bonds. The third-order valence-electron chi connectivity index (χ3n) is 3.18. The summed E-state index contributed by atoms with van der Waals surface area (Å²) in [6, 6.07) is 7.04. The van der Waals surface area contributed by atoms with Gasteiger partial charge in [-0.2, -0.15) is 0 Å². The highest BCUT2D eigenvalue weighted by atomic mass is 32.2. The number of hydrogen-bond donors (Lipinski definition) is 2. The fraction of sp³-hybridized carbons (Fsp3) is 0.467. The lowest BCUT2D eigenvalue weighted by Crippen LogP contribution is -2.31. The van der Waals surface area contributed by atoms with Crippen LogP contribution in [0.3, 0.4) is 0 Å². The number of nitrogens with one attached hydrogen (secondary N) is 2. The van der Waals surface area contributed by atoms with E-state index in [0.29, 0.717) is 25.2 Å². The van der Waals surface area contributed by atoms with E-state index in [1.807, 2.05) is 0 Å². The first kappa shape index (κ1) is 19.1. The summed E-state index contributed by atoms with van der Waals surface area (Å²) in [5.74, 6) is -0.270. The van der Waals surface area contributed by atoms with Crippen LogP contribution in [0.5, 0.6) is 0 Å². The predicted molar refractivity (Wildman–Crippen MR) is 89.6 cm³/mol. The van der Waals surface area contributed by atoms with Crippen LogP contribution in [0.4, 0.5) is 5.69 Å². The molecular weight excluding hydrogens is 318 g/mol. The van der Waals surface area contributed by atoms with Crippen molar-refractivity contribution in [3.05, 3.63) is 29.8 Å². The van der Waals surface area contributed by atoms with Crippen molar-refractivity contribution in [2.45, 2.75) is 19.8 Å². The molecule has 0 unspecified atom stereocenters. The Labute approximate surface area is 137 Å². The lowest BCUT2D eigenvalue weighted by atomic mass is 10.1. The fourth-order valence-corrected chi connectivity index (χ4v) is 2.31. The zero-order valence-electron chi connectivity index (χ0n) is 13.6. The average Bonchev–Trinajstić information content (AvgIpc) is 2.44. The van der Waals surface area contributed by atoms with Gasteiger partial charge in [0, 0.05) is 32.7 Å². The molecule has 128 valence electrons. The number of benzene rings is 1. The predicted octanol–water partition coefficient (Wildman–Crippen LogP) is 0.585. The molecule has 0 aliphatic heterocycles. The SMILES string of the molecule is CC(=O)Nc1ccc(CC(=O)NCCCN(C)S(C)(=O)=O)cc1. The van der Waals surface area contributed by atoms with Gasteiger partial charge in [0.25, 0.3) is 0 Å². The highest BCUT2D eigenvalue weighted by Crippen LogP contribution is 2.09. The van der Waals surface area contributed by atoms with E-state index in [1.165, 1.54) is 18.3 Å². The minimum absolute atomic E-state index is 0.126. The van der Waals surface area contributed by atoms with Gasteiger partial charge >= 0.3 is 0 Å². The molecule has 0 aliphatic rings. The highest BCUT2D eigenvalue weighted by Gasteiger charge is 2.10. The summed E-state index contributed by atoms with van der Waals surface area (Å²) < 4.78 is 23.7. The van der Waals surface area contributed by atoms with Gasteiger partial charge in [-0.15, -0.1) is 0 Å². The lowest BCUT2D eigenvalue weighted by molar-refractivity contribution is -0.120. The van der Waals surface area contributed by atoms with Crippen LogP contribution in [0, 0.1) is 0 Å². The molecule has 0 saturated heterocycles. The minimum atomic E-state index is -3.17. The third kappa shape index (κ3) is 7.75. The van der Waals surface area contributed by atoms with Crippen molar-refractivity contribution < 1.29 is 18.0 Å². The smallest absolute Gasteiger partial charge is 0.224 e. The Hall–Kier alpha value is -1.93. The van der Waals surface area contributed by atoms with Gasteiger partial charge in [-0.3, -0.25) is 9.59 Å². The second kappa shape index (κ2) is 8.64. The van der Waals surface area contributed by atoms with Crippen LogP contribution in [-0.4, -0.2) is 50.9 Å². The van der Waals surface area contributed by atoms with Crippen LogP contribution in [0.25, 0.3) is 0 Å². The van der Waals surface area contributed by atoms with Gasteiger partial charge in [0.15, 0.2) is 0 Å². The summed E-state index contributed by atoms with van der Waals surface area (Å²) >= 11 is 0. The Kier molecular flexibility index (Phi) is 7.18. The topological polar surface area (TPSA) is 95.6 Å². The van der Waals surface area contributed by atoms with Gasteiger partial charge in [-0.1, -0.05) is 12.1 Å². The maximum absolute atomic E-state index is 11.8. The van der Waals surface area contributed by atoms with Crippen LogP contribution in [0.15, 0.2) is 24.3 Å². The van der Waals surface area contributed by atoms with Crippen LogP contribution < -0.4 is 10.6 Å². The number of carbonyl (C=O) groups excluding carboxylic acids is 2. The Morgan fingerprint density at radius 2 is 1.78 bits per heavy atom. The van der Waals surface area contributed by atoms with Crippen molar-refractivity contribution in [3.63, 3.8) is 0 Å². The molecule has 0 saturated carbocycles. The first-order chi connectivity index (χ1) is 10.7. The molecule has 0 aliphatic carbocycles. The summed E-state index contributed by atoms with van der Waals surface area (Å²) in [6.07, 6.45) is 1.94. The van der Waals surface area contributed by atoms with E-state index in [1.54, 1.807) is 24.3 Å². The fourth-order valence-electron chi connectivity index (χ4n) is 1.85. The summed E-state index contributed by atoms with van der Waals surface area (Å²) in [5.41, 5.74) is 1.52. The van der Waals surface area contributed by atoms with E-state index >= 15 is 0 Å². The largest absolute Gasteiger partial charge is 0.356 e. The van der Waals surface area contributed by atoms with E-state index < -0.39 is 10.0 Å². The molecule has 0 bridgehead atoms. The Balaban J connectivity index is 2.32. The number of sulfonamides is 1. The van der Waals surface area contributed by atoms with Crippen molar-refractivity contribution in [1.29, 1.82) is 0 Å². The number of nitrogens with zero attached hydrogens (tertiary/aromatic N) is 1. The van der Waals surface area contributed by atoms with E-state index in [-0.39, 0.29) is 18.2 Å². The Bertz CT molecular complexity index is 641. The van der Waals surface area contributed by atoms with E-state index in [4.69, 9.17) is 0 Å². The second-order valence-corrected chi connectivity index (χ2v) is 7.43. The molecule has 1 rings (SSSR count). The standard InChI is InChI=1S/C15H23N3O4S/c1-12(19)17-14-7-5-13(6-8-14)11-15(20)16-9-4-10-18(2)23(3,21)22/h5-8H,4,9-11H2,1-3H3,(H,16,20)(H,17,19). The summed E-state index contributed by atoms with van der Waals surface area (Å²) in [6.45, 7) is 2.22. The average molecular weight is 341 g/mol. The molecule has 0 atom stereocenters. The number of hydrogen-bond acceptors (Lipinski definition) is 4. The molecule has 7 nitrogen and oxygen atoms in total. The molecular formula is C15H23N3O4S. The monoisotopic (exact) mass is 341 g/mol. The molecule has 1 aromatic carbocycles. The molecule has 0 heterocycles. The van der Waals surface area contributed by atoms with Gasteiger partial charge in [0.2, 0.25) is 21.8 Å². The van der Waals surface area contributed by atoms with Crippen LogP contribution >= 0.6 is 0 Å². The van der Waals surface area contributed by atoms with Crippen molar-refractivity contribution in [2.75, 3.05) is 31.7 Å². The molecule has 8 heteroatoms. The minimum Gasteiger partial charge on any atom is -0.356 e. The van der Waals surface area contributed by atoms with Crippen molar-refractivity contribution in [2.24, 2.45) is 0 Å². The van der Waals surface area contributed by atoms with Gasteiger partial charge in [-0.05, 0) is 24.1 Å². The van der Waals surface area contributed by atoms with Crippen molar-refractivity contribution >= 4 is 27.5 Å². The highest BCUT2D eigenvalue weighted by molar-refractivity contribution is 7.88.